The van der Waals surface area contributed by atoms with Crippen LogP contribution in [0.15, 0.2) is 18.2 Å². The number of nitrogens with zero attached hydrogens (tertiary/aromatic N) is 3. The maximum Gasteiger partial charge on any atom is 0.337 e. The number of aromatic carboxylic acids is 1. The number of carboxylic acid groups (broad SMARTS) is 1. The van der Waals surface area contributed by atoms with E-state index in [2.05, 4.69) is 15.1 Å². The minimum Gasteiger partial charge on any atom is -0.478 e. The molecule has 8 nitrogen and oxygen atoms in total. The van der Waals surface area contributed by atoms with Crippen LogP contribution in [0.3, 0.4) is 0 Å². The molecule has 0 aromatic heterocycles. The standard InChI is InChI=1S/C22H32N4O4/c1-3-25(4-2)20(27)15-24-10-12-26(13-11-24)17-8-9-19(18(14-17)22(29)30)23-21(28)16-6-5-7-16/h8-9,14,16H,3-7,10-13,15H2,1-2H3,(H,23,28)(H,29,30). The minimum atomic E-state index is -1.05. The topological polar surface area (TPSA) is 93.2 Å². The Kier molecular flexibility index (Phi) is 7.31. The molecule has 0 bridgehead atoms. The largest absolute Gasteiger partial charge is 0.478 e. The third kappa shape index (κ3) is 5.11. The Morgan fingerprint density at radius 3 is 2.30 bits per heavy atom. The van der Waals surface area contributed by atoms with Gasteiger partial charge in [0.1, 0.15) is 0 Å². The van der Waals surface area contributed by atoms with Gasteiger partial charge in [-0.15, -0.1) is 0 Å². The molecule has 0 spiro atoms. The van der Waals surface area contributed by atoms with Gasteiger partial charge in [0.05, 0.1) is 17.8 Å². The number of hydrogen-bond acceptors (Lipinski definition) is 5. The molecule has 8 heteroatoms. The summed E-state index contributed by atoms with van der Waals surface area (Å²) >= 11 is 0. The molecule has 3 rings (SSSR count). The first-order valence-corrected chi connectivity index (χ1v) is 10.9. The number of carboxylic acids is 1. The van der Waals surface area contributed by atoms with Crippen molar-refractivity contribution in [2.24, 2.45) is 5.92 Å². The van der Waals surface area contributed by atoms with Crippen molar-refractivity contribution in [2.75, 3.05) is 56.0 Å². The second-order valence-electron chi connectivity index (χ2n) is 7.98. The number of hydrogen-bond donors (Lipinski definition) is 2. The number of rotatable bonds is 8. The summed E-state index contributed by atoms with van der Waals surface area (Å²) in [6, 6.07) is 5.18. The predicted molar refractivity (Wildman–Crippen MR) is 116 cm³/mol. The number of carbonyl (C=O) groups excluding carboxylic acids is 2. The highest BCUT2D eigenvalue weighted by Gasteiger charge is 2.27. The molecule has 2 N–H and O–H groups in total. The van der Waals surface area contributed by atoms with Crippen molar-refractivity contribution in [1.29, 1.82) is 0 Å². The lowest BCUT2D eigenvalue weighted by Crippen LogP contribution is -2.50. The van der Waals surface area contributed by atoms with Gasteiger partial charge in [0.15, 0.2) is 0 Å². The van der Waals surface area contributed by atoms with Crippen LogP contribution < -0.4 is 10.2 Å². The van der Waals surface area contributed by atoms with E-state index >= 15 is 0 Å². The Bertz CT molecular complexity index is 781. The third-order valence-corrected chi connectivity index (χ3v) is 6.18. The van der Waals surface area contributed by atoms with E-state index in [0.29, 0.717) is 12.2 Å². The Morgan fingerprint density at radius 1 is 1.10 bits per heavy atom. The fourth-order valence-electron chi connectivity index (χ4n) is 3.95. The van der Waals surface area contributed by atoms with Crippen molar-refractivity contribution in [2.45, 2.75) is 33.1 Å². The second kappa shape index (κ2) is 9.93. The summed E-state index contributed by atoms with van der Waals surface area (Å²) in [5.41, 5.74) is 1.29. The smallest absolute Gasteiger partial charge is 0.337 e. The quantitative estimate of drug-likeness (QED) is 0.674. The van der Waals surface area contributed by atoms with Gasteiger partial charge in [0, 0.05) is 50.9 Å². The monoisotopic (exact) mass is 416 g/mol. The van der Waals surface area contributed by atoms with Crippen molar-refractivity contribution in [3.8, 4) is 0 Å². The Hall–Kier alpha value is -2.61. The summed E-state index contributed by atoms with van der Waals surface area (Å²) in [6.07, 6.45) is 2.79. The number of benzene rings is 1. The zero-order chi connectivity index (χ0) is 21.7. The van der Waals surface area contributed by atoms with Crippen LogP contribution in [0.5, 0.6) is 0 Å². The number of nitrogens with one attached hydrogen (secondary N) is 1. The van der Waals surface area contributed by atoms with Gasteiger partial charge in [-0.05, 0) is 44.9 Å². The summed E-state index contributed by atoms with van der Waals surface area (Å²) in [4.78, 5) is 42.4. The number of carbonyl (C=O) groups is 3. The van der Waals surface area contributed by atoms with Crippen LogP contribution in [0, 0.1) is 5.92 Å². The Morgan fingerprint density at radius 2 is 1.77 bits per heavy atom. The highest BCUT2D eigenvalue weighted by atomic mass is 16.4. The average molecular weight is 417 g/mol. The summed E-state index contributed by atoms with van der Waals surface area (Å²) < 4.78 is 0. The van der Waals surface area contributed by atoms with E-state index in [4.69, 9.17) is 0 Å². The lowest BCUT2D eigenvalue weighted by molar-refractivity contribution is -0.132. The molecule has 0 atom stereocenters. The zero-order valence-corrected chi connectivity index (χ0v) is 17.9. The first-order valence-electron chi connectivity index (χ1n) is 10.9. The van der Waals surface area contributed by atoms with Gasteiger partial charge < -0.3 is 20.2 Å². The molecule has 2 fully saturated rings. The maximum atomic E-state index is 12.3. The zero-order valence-electron chi connectivity index (χ0n) is 17.9. The van der Waals surface area contributed by atoms with Crippen molar-refractivity contribution in [1.82, 2.24) is 9.80 Å². The molecule has 1 heterocycles. The van der Waals surface area contributed by atoms with Crippen molar-refractivity contribution >= 4 is 29.2 Å². The lowest BCUT2D eigenvalue weighted by atomic mass is 9.85. The van der Waals surface area contributed by atoms with E-state index in [0.717, 1.165) is 64.2 Å². The van der Waals surface area contributed by atoms with Crippen molar-refractivity contribution < 1.29 is 19.5 Å². The molecule has 0 unspecified atom stereocenters. The van der Waals surface area contributed by atoms with Crippen molar-refractivity contribution in [3.63, 3.8) is 0 Å². The molecule has 0 radical (unpaired) electrons. The maximum absolute atomic E-state index is 12.3. The summed E-state index contributed by atoms with van der Waals surface area (Å²) in [5, 5.41) is 12.4. The highest BCUT2D eigenvalue weighted by molar-refractivity contribution is 6.02. The van der Waals surface area contributed by atoms with Crippen LogP contribution in [0.2, 0.25) is 0 Å². The van der Waals surface area contributed by atoms with E-state index < -0.39 is 5.97 Å². The van der Waals surface area contributed by atoms with E-state index in [1.807, 2.05) is 24.8 Å². The first kappa shape index (κ1) is 22.1. The van der Waals surface area contributed by atoms with Gasteiger partial charge in [0.2, 0.25) is 11.8 Å². The molecule has 2 aliphatic rings. The normalized spacial score (nSPS) is 17.3. The number of likely N-dealkylation sites (N-methyl/N-ethyl adjacent to an activating group) is 1. The van der Waals surface area contributed by atoms with E-state index in [1.54, 1.807) is 12.1 Å². The third-order valence-electron chi connectivity index (χ3n) is 6.18. The van der Waals surface area contributed by atoms with Gasteiger partial charge in [-0.1, -0.05) is 6.42 Å². The van der Waals surface area contributed by atoms with Gasteiger partial charge in [-0.25, -0.2) is 4.79 Å². The van der Waals surface area contributed by atoms with Gasteiger partial charge >= 0.3 is 5.97 Å². The fourth-order valence-corrected chi connectivity index (χ4v) is 3.95. The SMILES string of the molecule is CCN(CC)C(=O)CN1CCN(c2ccc(NC(=O)C3CCC3)c(C(=O)O)c2)CC1. The van der Waals surface area contributed by atoms with Gasteiger partial charge in [-0.3, -0.25) is 14.5 Å². The second-order valence-corrected chi connectivity index (χ2v) is 7.98. The number of piperazine rings is 1. The molecular formula is C22H32N4O4. The summed E-state index contributed by atoms with van der Waals surface area (Å²) in [6.45, 7) is 8.76. The van der Waals surface area contributed by atoms with Gasteiger partial charge in [-0.2, -0.15) is 0 Å². The average Bonchev–Trinajstić information content (AvgIpc) is 2.68. The molecule has 1 aromatic rings. The van der Waals surface area contributed by atoms with E-state index in [-0.39, 0.29) is 23.3 Å². The van der Waals surface area contributed by atoms with E-state index in [9.17, 15) is 19.5 Å². The molecule has 1 aliphatic carbocycles. The summed E-state index contributed by atoms with van der Waals surface area (Å²) in [7, 11) is 0. The predicted octanol–water partition coefficient (Wildman–Crippen LogP) is 2.11. The summed E-state index contributed by atoms with van der Waals surface area (Å²) in [5.74, 6) is -1.00. The molecule has 1 aromatic carbocycles. The molecule has 2 amide bonds. The molecule has 1 aliphatic heterocycles. The van der Waals surface area contributed by atoms with Crippen LogP contribution in [0.4, 0.5) is 11.4 Å². The molecule has 1 saturated heterocycles. The van der Waals surface area contributed by atoms with Crippen LogP contribution in [0.1, 0.15) is 43.5 Å². The van der Waals surface area contributed by atoms with Crippen LogP contribution >= 0.6 is 0 Å². The molecule has 164 valence electrons. The van der Waals surface area contributed by atoms with Crippen LogP contribution in [-0.4, -0.2) is 78.5 Å². The molecule has 30 heavy (non-hydrogen) atoms. The lowest BCUT2D eigenvalue weighted by Gasteiger charge is -2.36. The molecule has 1 saturated carbocycles. The fraction of sp³-hybridized carbons (Fsp3) is 0.591. The highest BCUT2D eigenvalue weighted by Crippen LogP contribution is 2.29. The van der Waals surface area contributed by atoms with Gasteiger partial charge in [0.25, 0.3) is 0 Å². The Balaban J connectivity index is 1.61. The van der Waals surface area contributed by atoms with Crippen LogP contribution in [-0.2, 0) is 9.59 Å². The van der Waals surface area contributed by atoms with E-state index in [1.165, 1.54) is 0 Å². The Labute approximate surface area is 177 Å². The first-order chi connectivity index (χ1) is 14.4. The molecular weight excluding hydrogens is 384 g/mol. The number of amides is 2. The van der Waals surface area contributed by atoms with Crippen molar-refractivity contribution in [3.05, 3.63) is 23.8 Å². The van der Waals surface area contributed by atoms with Crippen LogP contribution in [0.25, 0.3) is 0 Å². The minimum absolute atomic E-state index is 0.00144. The number of anilines is 2.